The van der Waals surface area contributed by atoms with Crippen LogP contribution in [0.1, 0.15) is 16.1 Å². The number of hydrogen-bond donors (Lipinski definition) is 2. The fourth-order valence-corrected chi connectivity index (χ4v) is 3.04. The molecule has 4 aromatic rings. The van der Waals surface area contributed by atoms with Gasteiger partial charge in [0.05, 0.1) is 19.0 Å². The van der Waals surface area contributed by atoms with E-state index in [1.807, 2.05) is 66.7 Å². The van der Waals surface area contributed by atoms with E-state index >= 15 is 0 Å². The van der Waals surface area contributed by atoms with E-state index in [2.05, 4.69) is 32.9 Å². The number of aromatic nitrogens is 2. The van der Waals surface area contributed by atoms with Crippen LogP contribution in [0.5, 0.6) is 5.75 Å². The van der Waals surface area contributed by atoms with Gasteiger partial charge >= 0.3 is 0 Å². The maximum atomic E-state index is 12.3. The number of ether oxygens (including phenoxy) is 1. The summed E-state index contributed by atoms with van der Waals surface area (Å²) in [6, 6.07) is 27.3. The van der Waals surface area contributed by atoms with Crippen molar-refractivity contribution in [1.82, 2.24) is 15.6 Å². The van der Waals surface area contributed by atoms with Crippen molar-refractivity contribution in [2.45, 2.75) is 0 Å². The number of hydrogen-bond acceptors (Lipinski definition) is 4. The predicted molar refractivity (Wildman–Crippen MR) is 118 cm³/mol. The van der Waals surface area contributed by atoms with Gasteiger partial charge in [0.1, 0.15) is 11.4 Å². The molecule has 1 heterocycles. The maximum absolute atomic E-state index is 12.3. The first-order chi connectivity index (χ1) is 14.7. The zero-order chi connectivity index (χ0) is 20.8. The molecule has 0 fully saturated rings. The zero-order valence-electron chi connectivity index (χ0n) is 16.4. The highest BCUT2D eigenvalue weighted by atomic mass is 16.5. The molecule has 4 rings (SSSR count). The van der Waals surface area contributed by atoms with Gasteiger partial charge in [0, 0.05) is 11.1 Å². The minimum Gasteiger partial charge on any atom is -0.496 e. The quantitative estimate of drug-likeness (QED) is 0.372. The lowest BCUT2D eigenvalue weighted by Gasteiger charge is -2.03. The SMILES string of the molecule is COc1ccccc1C=NNC(=O)c1cc(-c2ccc(-c3ccccc3)cc2)n[nH]1. The number of methoxy groups -OCH3 is 1. The van der Waals surface area contributed by atoms with Crippen molar-refractivity contribution in [1.29, 1.82) is 0 Å². The second-order valence-corrected chi connectivity index (χ2v) is 6.55. The third-order valence-corrected chi connectivity index (χ3v) is 4.62. The molecule has 0 atom stereocenters. The lowest BCUT2D eigenvalue weighted by atomic mass is 10.0. The van der Waals surface area contributed by atoms with Crippen molar-refractivity contribution in [3.8, 4) is 28.1 Å². The Morgan fingerprint density at radius 3 is 2.37 bits per heavy atom. The van der Waals surface area contributed by atoms with Crippen LogP contribution >= 0.6 is 0 Å². The maximum Gasteiger partial charge on any atom is 0.289 e. The first kappa shape index (κ1) is 19.1. The van der Waals surface area contributed by atoms with Crippen molar-refractivity contribution < 1.29 is 9.53 Å². The number of carbonyl (C=O) groups excluding carboxylic acids is 1. The molecule has 6 nitrogen and oxygen atoms in total. The summed E-state index contributed by atoms with van der Waals surface area (Å²) in [6.45, 7) is 0. The molecule has 0 saturated heterocycles. The van der Waals surface area contributed by atoms with Crippen LogP contribution in [-0.4, -0.2) is 29.4 Å². The van der Waals surface area contributed by atoms with E-state index in [9.17, 15) is 4.79 Å². The van der Waals surface area contributed by atoms with Gasteiger partial charge in [0.25, 0.3) is 5.91 Å². The first-order valence-corrected chi connectivity index (χ1v) is 9.42. The lowest BCUT2D eigenvalue weighted by Crippen LogP contribution is -2.18. The summed E-state index contributed by atoms with van der Waals surface area (Å²) < 4.78 is 5.26. The molecule has 3 aromatic carbocycles. The van der Waals surface area contributed by atoms with Gasteiger partial charge < -0.3 is 4.74 Å². The summed E-state index contributed by atoms with van der Waals surface area (Å²) in [5.74, 6) is 0.305. The number of nitrogens with zero attached hydrogens (tertiary/aromatic N) is 2. The van der Waals surface area contributed by atoms with Gasteiger partial charge in [0.2, 0.25) is 0 Å². The second kappa shape index (κ2) is 8.87. The van der Waals surface area contributed by atoms with Gasteiger partial charge in [-0.1, -0.05) is 66.7 Å². The van der Waals surface area contributed by atoms with E-state index < -0.39 is 0 Å². The Morgan fingerprint density at radius 2 is 1.60 bits per heavy atom. The first-order valence-electron chi connectivity index (χ1n) is 9.42. The molecular weight excluding hydrogens is 376 g/mol. The number of benzene rings is 3. The Balaban J connectivity index is 1.43. The molecule has 0 bridgehead atoms. The highest BCUT2D eigenvalue weighted by Gasteiger charge is 2.11. The topological polar surface area (TPSA) is 79.4 Å². The van der Waals surface area contributed by atoms with Crippen molar-refractivity contribution in [2.24, 2.45) is 5.10 Å². The summed E-state index contributed by atoms with van der Waals surface area (Å²) in [5, 5.41) is 11.0. The predicted octanol–water partition coefficient (Wildman–Crippen LogP) is 4.52. The Bertz CT molecular complexity index is 1170. The van der Waals surface area contributed by atoms with E-state index in [4.69, 9.17) is 4.74 Å². The number of H-pyrrole nitrogens is 1. The number of nitrogens with one attached hydrogen (secondary N) is 2. The summed E-state index contributed by atoms with van der Waals surface area (Å²) in [5.41, 5.74) is 7.48. The number of hydrazone groups is 1. The van der Waals surface area contributed by atoms with Crippen LogP contribution in [0, 0.1) is 0 Å². The molecule has 0 spiro atoms. The van der Waals surface area contributed by atoms with Crippen LogP contribution in [0.3, 0.4) is 0 Å². The average Bonchev–Trinajstić information content (AvgIpc) is 3.30. The Labute approximate surface area is 174 Å². The van der Waals surface area contributed by atoms with Crippen molar-refractivity contribution in [3.63, 3.8) is 0 Å². The molecule has 30 heavy (non-hydrogen) atoms. The summed E-state index contributed by atoms with van der Waals surface area (Å²) in [7, 11) is 1.59. The Hall–Kier alpha value is -4.19. The fourth-order valence-electron chi connectivity index (χ4n) is 3.04. The van der Waals surface area contributed by atoms with Crippen LogP contribution < -0.4 is 10.2 Å². The zero-order valence-corrected chi connectivity index (χ0v) is 16.4. The van der Waals surface area contributed by atoms with Crippen molar-refractivity contribution in [2.75, 3.05) is 7.11 Å². The molecule has 0 unspecified atom stereocenters. The average molecular weight is 396 g/mol. The molecule has 0 aliphatic heterocycles. The van der Waals surface area contributed by atoms with Crippen molar-refractivity contribution >= 4 is 12.1 Å². The largest absolute Gasteiger partial charge is 0.496 e. The summed E-state index contributed by atoms with van der Waals surface area (Å²) in [4.78, 5) is 12.3. The molecule has 0 radical (unpaired) electrons. The van der Waals surface area contributed by atoms with Gasteiger partial charge in [-0.2, -0.15) is 10.2 Å². The van der Waals surface area contributed by atoms with E-state index in [0.717, 1.165) is 22.3 Å². The van der Waals surface area contributed by atoms with Crippen LogP contribution in [0.25, 0.3) is 22.4 Å². The molecule has 1 amide bonds. The van der Waals surface area contributed by atoms with E-state index in [1.165, 1.54) is 6.21 Å². The number of rotatable bonds is 6. The Morgan fingerprint density at radius 1 is 0.933 bits per heavy atom. The molecular formula is C24H20N4O2. The van der Waals surface area contributed by atoms with E-state index in [1.54, 1.807) is 13.2 Å². The number of para-hydroxylation sites is 1. The third-order valence-electron chi connectivity index (χ3n) is 4.62. The standard InChI is InChI=1S/C24H20N4O2/c1-30-23-10-6-5-9-20(23)16-25-28-24(29)22-15-21(26-27-22)19-13-11-18(12-14-19)17-7-3-2-4-8-17/h2-16H,1H3,(H,26,27)(H,28,29). The minimum atomic E-state index is -0.374. The molecule has 2 N–H and O–H groups in total. The summed E-state index contributed by atoms with van der Waals surface area (Å²) in [6.07, 6.45) is 1.54. The molecule has 0 saturated carbocycles. The summed E-state index contributed by atoms with van der Waals surface area (Å²) >= 11 is 0. The molecule has 148 valence electrons. The third kappa shape index (κ3) is 4.28. The van der Waals surface area contributed by atoms with Crippen LogP contribution in [0.15, 0.2) is 90.0 Å². The lowest BCUT2D eigenvalue weighted by molar-refractivity contribution is 0.0950. The van der Waals surface area contributed by atoms with Gasteiger partial charge in [0.15, 0.2) is 0 Å². The van der Waals surface area contributed by atoms with E-state index in [-0.39, 0.29) is 5.91 Å². The normalized spacial score (nSPS) is 10.8. The van der Waals surface area contributed by atoms with Gasteiger partial charge in [-0.3, -0.25) is 9.89 Å². The number of aromatic amines is 1. The monoisotopic (exact) mass is 396 g/mol. The Kier molecular flexibility index (Phi) is 5.66. The minimum absolute atomic E-state index is 0.328. The van der Waals surface area contributed by atoms with E-state index in [0.29, 0.717) is 17.1 Å². The smallest absolute Gasteiger partial charge is 0.289 e. The van der Waals surface area contributed by atoms with Gasteiger partial charge in [-0.15, -0.1) is 0 Å². The second-order valence-electron chi connectivity index (χ2n) is 6.55. The molecule has 1 aromatic heterocycles. The van der Waals surface area contributed by atoms with Crippen LogP contribution in [-0.2, 0) is 0 Å². The highest BCUT2D eigenvalue weighted by molar-refractivity contribution is 5.94. The molecule has 0 aliphatic carbocycles. The number of amides is 1. The van der Waals surface area contributed by atoms with Crippen LogP contribution in [0.2, 0.25) is 0 Å². The molecule has 0 aliphatic rings. The van der Waals surface area contributed by atoms with Crippen molar-refractivity contribution in [3.05, 3.63) is 96.2 Å². The number of carbonyl (C=O) groups is 1. The molecule has 6 heteroatoms. The highest BCUT2D eigenvalue weighted by Crippen LogP contribution is 2.24. The fraction of sp³-hybridized carbons (Fsp3) is 0.0417. The van der Waals surface area contributed by atoms with Crippen LogP contribution in [0.4, 0.5) is 0 Å². The van der Waals surface area contributed by atoms with Gasteiger partial charge in [-0.25, -0.2) is 5.43 Å². The van der Waals surface area contributed by atoms with Gasteiger partial charge in [-0.05, 0) is 29.3 Å².